The van der Waals surface area contributed by atoms with E-state index in [1.165, 1.54) is 4.57 Å². The molecule has 36 heavy (non-hydrogen) atoms. The van der Waals surface area contributed by atoms with E-state index in [2.05, 4.69) is 21.9 Å². The predicted octanol–water partition coefficient (Wildman–Crippen LogP) is 4.36. The van der Waals surface area contributed by atoms with Crippen LogP contribution in [0, 0.1) is 11.3 Å². The summed E-state index contributed by atoms with van der Waals surface area (Å²) in [6, 6.07) is 16.6. The van der Waals surface area contributed by atoms with Crippen LogP contribution in [0.1, 0.15) is 11.1 Å². The molecule has 1 N–H and O–H groups in total. The summed E-state index contributed by atoms with van der Waals surface area (Å²) in [6.45, 7) is 4.40. The minimum absolute atomic E-state index is 0.0689. The molecule has 178 valence electrons. The van der Waals surface area contributed by atoms with Crippen LogP contribution in [0.25, 0.3) is 22.2 Å². The first kappa shape index (κ1) is 23.3. The van der Waals surface area contributed by atoms with Gasteiger partial charge in [0, 0.05) is 53.6 Å². The smallest absolute Gasteiger partial charge is 0.264 e. The Balaban J connectivity index is 1.47. The summed E-state index contributed by atoms with van der Waals surface area (Å²) in [5.41, 5.74) is 4.21. The van der Waals surface area contributed by atoms with Crippen molar-refractivity contribution in [1.82, 2.24) is 19.4 Å². The number of carbonyl (C=O) groups is 1. The quantitative estimate of drug-likeness (QED) is 0.332. The van der Waals surface area contributed by atoms with Crippen molar-refractivity contribution >= 4 is 40.2 Å². The predicted molar refractivity (Wildman–Crippen MR) is 139 cm³/mol. The van der Waals surface area contributed by atoms with Crippen molar-refractivity contribution in [1.29, 1.82) is 5.26 Å². The number of nitriles is 1. The number of hydrogen-bond donors (Lipinski definition) is 1. The number of nitrogens with zero attached hydrogens (tertiary/aromatic N) is 5. The maximum atomic E-state index is 13.1. The summed E-state index contributed by atoms with van der Waals surface area (Å²) in [7, 11) is 1.67. The third-order valence-corrected chi connectivity index (χ3v) is 6.63. The normalized spacial score (nSPS) is 12.6. The highest BCUT2D eigenvalue weighted by Gasteiger charge is 2.24. The minimum atomic E-state index is -0.351. The molecule has 1 aliphatic rings. The molecule has 8 nitrogen and oxygen atoms in total. The Labute approximate surface area is 212 Å². The van der Waals surface area contributed by atoms with Crippen LogP contribution in [0.4, 0.5) is 11.6 Å². The van der Waals surface area contributed by atoms with Gasteiger partial charge in [0.25, 0.3) is 11.5 Å². The first-order valence-corrected chi connectivity index (χ1v) is 11.6. The molecular weight excluding hydrogens is 476 g/mol. The number of aryl methyl sites for hydroxylation is 1. The van der Waals surface area contributed by atoms with Crippen LogP contribution in [0.3, 0.4) is 0 Å². The lowest BCUT2D eigenvalue weighted by Gasteiger charge is -2.30. The van der Waals surface area contributed by atoms with E-state index >= 15 is 0 Å². The molecule has 0 atom stereocenters. The minimum Gasteiger partial charge on any atom is -0.333 e. The number of aromatic nitrogens is 3. The molecule has 0 saturated heterocycles. The zero-order chi connectivity index (χ0) is 25.4. The molecule has 9 heteroatoms. The van der Waals surface area contributed by atoms with E-state index in [1.807, 2.05) is 42.5 Å². The number of rotatable bonds is 4. The van der Waals surface area contributed by atoms with Crippen molar-refractivity contribution in [2.45, 2.75) is 13.0 Å². The highest BCUT2D eigenvalue weighted by atomic mass is 35.5. The van der Waals surface area contributed by atoms with Gasteiger partial charge in [0.1, 0.15) is 17.3 Å². The van der Waals surface area contributed by atoms with Crippen LogP contribution < -0.4 is 10.9 Å². The molecular formula is C27H21ClN6O2. The molecule has 0 bridgehead atoms. The highest BCUT2D eigenvalue weighted by Crippen LogP contribution is 2.30. The van der Waals surface area contributed by atoms with Gasteiger partial charge in [-0.25, -0.2) is 4.98 Å². The van der Waals surface area contributed by atoms with Crippen LogP contribution in [0.15, 0.2) is 71.7 Å². The fourth-order valence-electron chi connectivity index (χ4n) is 4.44. The summed E-state index contributed by atoms with van der Waals surface area (Å²) in [5.74, 6) is 0.00390. The van der Waals surface area contributed by atoms with Crippen molar-refractivity contribution in [3.05, 3.63) is 93.4 Å². The molecule has 4 aromatic rings. The van der Waals surface area contributed by atoms with E-state index in [1.54, 1.807) is 30.3 Å². The maximum Gasteiger partial charge on any atom is 0.264 e. The first-order chi connectivity index (χ1) is 17.4. The standard InChI is InChI=1S/C27H21ClN6O2/c1-16(13-29)25(35)34-11-10-19-17(15-34)6-5-9-23(19)31-27-30-14-18-12-21(20-7-3-4-8-22(20)28)26(36)33(2)24(18)32-27/h3-9,12,14H,1,10-11,15H2,2H3,(H,30,31,32). The Morgan fingerprint density at radius 3 is 2.78 bits per heavy atom. The summed E-state index contributed by atoms with van der Waals surface area (Å²) in [5, 5.41) is 13.5. The Hall–Kier alpha value is -4.48. The second kappa shape index (κ2) is 9.29. The lowest BCUT2D eigenvalue weighted by Crippen LogP contribution is -2.36. The molecule has 5 rings (SSSR count). The number of pyridine rings is 1. The van der Waals surface area contributed by atoms with Gasteiger partial charge in [-0.1, -0.05) is 48.5 Å². The molecule has 0 aliphatic carbocycles. The average Bonchev–Trinajstić information content (AvgIpc) is 2.90. The summed E-state index contributed by atoms with van der Waals surface area (Å²) < 4.78 is 1.49. The van der Waals surface area contributed by atoms with E-state index in [0.29, 0.717) is 52.6 Å². The zero-order valence-corrected chi connectivity index (χ0v) is 20.2. The van der Waals surface area contributed by atoms with E-state index in [9.17, 15) is 9.59 Å². The van der Waals surface area contributed by atoms with Crippen LogP contribution in [-0.2, 0) is 24.8 Å². The number of benzene rings is 2. The van der Waals surface area contributed by atoms with E-state index in [-0.39, 0.29) is 17.0 Å². The Bertz CT molecular complexity index is 1650. The first-order valence-electron chi connectivity index (χ1n) is 11.2. The lowest BCUT2D eigenvalue weighted by atomic mass is 9.97. The number of hydrogen-bond acceptors (Lipinski definition) is 6. The van der Waals surface area contributed by atoms with E-state index < -0.39 is 0 Å². The second-order valence-electron chi connectivity index (χ2n) is 8.51. The van der Waals surface area contributed by atoms with E-state index in [4.69, 9.17) is 16.9 Å². The van der Waals surface area contributed by atoms with Gasteiger partial charge >= 0.3 is 0 Å². The van der Waals surface area contributed by atoms with Crippen LogP contribution in [-0.4, -0.2) is 31.9 Å². The van der Waals surface area contributed by atoms with Gasteiger partial charge in [0.2, 0.25) is 5.95 Å². The monoisotopic (exact) mass is 496 g/mol. The Kier molecular flexibility index (Phi) is 6.00. The van der Waals surface area contributed by atoms with Crippen molar-refractivity contribution in [2.24, 2.45) is 7.05 Å². The second-order valence-corrected chi connectivity index (χ2v) is 8.92. The molecule has 1 amide bonds. The van der Waals surface area contributed by atoms with Gasteiger partial charge in [-0.15, -0.1) is 0 Å². The third kappa shape index (κ3) is 4.10. The number of anilines is 2. The van der Waals surface area contributed by atoms with Crippen LogP contribution >= 0.6 is 11.6 Å². The fourth-order valence-corrected chi connectivity index (χ4v) is 4.68. The SMILES string of the molecule is C=C(C#N)C(=O)N1CCc2c(cccc2Nc2ncc3cc(-c4ccccc4Cl)c(=O)n(C)c3n2)C1. The highest BCUT2D eigenvalue weighted by molar-refractivity contribution is 6.33. The van der Waals surface area contributed by atoms with Gasteiger partial charge < -0.3 is 10.2 Å². The largest absolute Gasteiger partial charge is 0.333 e. The molecule has 0 radical (unpaired) electrons. The number of amides is 1. The molecule has 0 fully saturated rings. The zero-order valence-electron chi connectivity index (χ0n) is 19.5. The third-order valence-electron chi connectivity index (χ3n) is 6.31. The van der Waals surface area contributed by atoms with Crippen molar-refractivity contribution in [2.75, 3.05) is 11.9 Å². The van der Waals surface area contributed by atoms with E-state index in [0.717, 1.165) is 16.8 Å². The molecule has 1 aliphatic heterocycles. The molecule has 3 heterocycles. The summed E-state index contributed by atoms with van der Waals surface area (Å²) in [4.78, 5) is 36.2. The van der Waals surface area contributed by atoms with Crippen molar-refractivity contribution in [3.8, 4) is 17.2 Å². The van der Waals surface area contributed by atoms with Gasteiger partial charge in [-0.2, -0.15) is 10.2 Å². The summed E-state index contributed by atoms with van der Waals surface area (Å²) in [6.07, 6.45) is 2.28. The molecule has 0 unspecified atom stereocenters. The molecule has 0 saturated carbocycles. The van der Waals surface area contributed by atoms with Crippen molar-refractivity contribution in [3.63, 3.8) is 0 Å². The lowest BCUT2D eigenvalue weighted by molar-refractivity contribution is -0.127. The Morgan fingerprint density at radius 2 is 2.00 bits per heavy atom. The molecule has 2 aromatic heterocycles. The van der Waals surface area contributed by atoms with Crippen LogP contribution in [0.5, 0.6) is 0 Å². The number of halogens is 1. The van der Waals surface area contributed by atoms with Crippen molar-refractivity contribution < 1.29 is 4.79 Å². The van der Waals surface area contributed by atoms with Gasteiger partial charge in [0.15, 0.2) is 0 Å². The average molecular weight is 497 g/mol. The topological polar surface area (TPSA) is 104 Å². The van der Waals surface area contributed by atoms with Gasteiger partial charge in [-0.3, -0.25) is 14.2 Å². The summed E-state index contributed by atoms with van der Waals surface area (Å²) >= 11 is 6.33. The Morgan fingerprint density at radius 1 is 1.19 bits per heavy atom. The molecule has 0 spiro atoms. The fraction of sp³-hybridized carbons (Fsp3) is 0.148. The van der Waals surface area contributed by atoms with Gasteiger partial charge in [-0.05, 0) is 35.7 Å². The maximum absolute atomic E-state index is 13.1. The molecule has 2 aromatic carbocycles. The van der Waals surface area contributed by atoms with Gasteiger partial charge in [0.05, 0.1) is 0 Å². The van der Waals surface area contributed by atoms with Crippen LogP contribution in [0.2, 0.25) is 5.02 Å². The number of fused-ring (bicyclic) bond motifs is 2. The number of nitrogens with one attached hydrogen (secondary N) is 1. The number of carbonyl (C=O) groups excluding carboxylic acids is 1.